The summed E-state index contributed by atoms with van der Waals surface area (Å²) in [6, 6.07) is 0. The molecule has 2 saturated carbocycles. The van der Waals surface area contributed by atoms with Crippen LogP contribution in [0.25, 0.3) is 0 Å². The van der Waals surface area contributed by atoms with Crippen LogP contribution in [-0.2, 0) is 9.59 Å². The molecule has 4 nitrogen and oxygen atoms in total. The number of nitrogens with zero attached hydrogens (tertiary/aromatic N) is 1. The Balaban J connectivity index is 1.69. The molecule has 0 aromatic heterocycles. The Morgan fingerprint density at radius 2 is 1.96 bits per heavy atom. The molecule has 1 heterocycles. The van der Waals surface area contributed by atoms with Gasteiger partial charge in [-0.15, -0.1) is 0 Å². The molecule has 0 bridgehead atoms. The molecule has 1 saturated heterocycles. The number of allylic oxidation sites excluding steroid dienone is 2. The highest BCUT2D eigenvalue weighted by Gasteiger charge is 2.60. The molecule has 3 aliphatic carbocycles. The highest BCUT2D eigenvalue weighted by atomic mass is 16.4. The topological polar surface area (TPSA) is 57.6 Å². The van der Waals surface area contributed by atoms with Crippen molar-refractivity contribution in [3.8, 4) is 0 Å². The molecule has 1 aliphatic heterocycles. The standard InChI is InChI=1S/C20H29NO3/c1-19-10-8-14-12(13(19)5-6-15(19)18(23)24)4-7-16-20(14,2)11-9-17(22)21(16)3/h7,12-15H,4-6,8-11H2,1-3H3,(H,23,24)/t12-,13-,14-,15+,19-,20+/m0/s1. The van der Waals surface area contributed by atoms with Gasteiger partial charge in [0.1, 0.15) is 0 Å². The number of hydrogen-bond acceptors (Lipinski definition) is 2. The lowest BCUT2D eigenvalue weighted by Crippen LogP contribution is -2.53. The van der Waals surface area contributed by atoms with Gasteiger partial charge < -0.3 is 10.0 Å². The van der Waals surface area contributed by atoms with Gasteiger partial charge in [-0.25, -0.2) is 0 Å². The van der Waals surface area contributed by atoms with E-state index < -0.39 is 5.97 Å². The van der Waals surface area contributed by atoms with Crippen LogP contribution in [0.4, 0.5) is 0 Å². The van der Waals surface area contributed by atoms with Crippen molar-refractivity contribution in [1.82, 2.24) is 4.90 Å². The summed E-state index contributed by atoms with van der Waals surface area (Å²) < 4.78 is 0. The second-order valence-electron chi connectivity index (χ2n) is 9.08. The van der Waals surface area contributed by atoms with Crippen molar-refractivity contribution in [2.75, 3.05) is 7.05 Å². The van der Waals surface area contributed by atoms with E-state index in [0.717, 1.165) is 38.5 Å². The minimum absolute atomic E-state index is 0.0366. The molecular formula is C20H29NO3. The summed E-state index contributed by atoms with van der Waals surface area (Å²) in [5.41, 5.74) is 1.29. The van der Waals surface area contributed by atoms with Crippen LogP contribution in [0, 0.1) is 34.5 Å². The number of rotatable bonds is 1. The normalized spacial score (nSPS) is 47.5. The van der Waals surface area contributed by atoms with E-state index in [1.54, 1.807) is 0 Å². The molecule has 4 rings (SSSR count). The Morgan fingerprint density at radius 3 is 2.67 bits per heavy atom. The summed E-state index contributed by atoms with van der Waals surface area (Å²) in [5.74, 6) is 1.18. The van der Waals surface area contributed by atoms with E-state index in [1.165, 1.54) is 5.70 Å². The zero-order valence-corrected chi connectivity index (χ0v) is 15.0. The molecule has 4 heteroatoms. The van der Waals surface area contributed by atoms with Crippen molar-refractivity contribution in [3.63, 3.8) is 0 Å². The van der Waals surface area contributed by atoms with E-state index in [9.17, 15) is 14.7 Å². The zero-order chi connectivity index (χ0) is 17.3. The third-order valence-corrected chi connectivity index (χ3v) is 8.32. The monoisotopic (exact) mass is 331 g/mol. The van der Waals surface area contributed by atoms with Gasteiger partial charge in [0.15, 0.2) is 0 Å². The van der Waals surface area contributed by atoms with E-state index in [4.69, 9.17) is 0 Å². The van der Waals surface area contributed by atoms with Crippen LogP contribution in [0.3, 0.4) is 0 Å². The van der Waals surface area contributed by atoms with Crippen molar-refractivity contribution in [2.24, 2.45) is 34.5 Å². The lowest BCUT2D eigenvalue weighted by atomic mass is 9.49. The largest absolute Gasteiger partial charge is 0.481 e. The number of fused-ring (bicyclic) bond motifs is 5. The first-order chi connectivity index (χ1) is 11.3. The first kappa shape index (κ1) is 16.2. The number of carbonyl (C=O) groups is 2. The van der Waals surface area contributed by atoms with Gasteiger partial charge in [-0.1, -0.05) is 19.9 Å². The highest BCUT2D eigenvalue weighted by molar-refractivity contribution is 5.79. The fourth-order valence-corrected chi connectivity index (χ4v) is 6.99. The predicted octanol–water partition coefficient (Wildman–Crippen LogP) is 3.68. The molecule has 0 unspecified atom stereocenters. The Morgan fingerprint density at radius 1 is 1.21 bits per heavy atom. The third-order valence-electron chi connectivity index (χ3n) is 8.32. The smallest absolute Gasteiger partial charge is 0.307 e. The maximum Gasteiger partial charge on any atom is 0.307 e. The van der Waals surface area contributed by atoms with Gasteiger partial charge in [-0.2, -0.15) is 0 Å². The van der Waals surface area contributed by atoms with Gasteiger partial charge in [0.2, 0.25) is 5.91 Å². The molecular weight excluding hydrogens is 302 g/mol. The van der Waals surface area contributed by atoms with Gasteiger partial charge >= 0.3 is 5.97 Å². The van der Waals surface area contributed by atoms with Crippen LogP contribution in [0.2, 0.25) is 0 Å². The maximum atomic E-state index is 12.1. The summed E-state index contributed by atoms with van der Waals surface area (Å²) >= 11 is 0. The van der Waals surface area contributed by atoms with Crippen molar-refractivity contribution in [2.45, 2.75) is 58.8 Å². The second-order valence-corrected chi connectivity index (χ2v) is 9.08. The quantitative estimate of drug-likeness (QED) is 0.797. The number of amides is 1. The molecule has 0 radical (unpaired) electrons. The number of carboxylic acids is 1. The Hall–Kier alpha value is -1.32. The van der Waals surface area contributed by atoms with Crippen molar-refractivity contribution >= 4 is 11.9 Å². The van der Waals surface area contributed by atoms with Crippen LogP contribution >= 0.6 is 0 Å². The average molecular weight is 331 g/mol. The van der Waals surface area contributed by atoms with Crippen molar-refractivity contribution in [3.05, 3.63) is 11.8 Å². The maximum absolute atomic E-state index is 12.1. The lowest BCUT2D eigenvalue weighted by Gasteiger charge is -2.58. The number of carbonyl (C=O) groups excluding carboxylic acids is 1. The van der Waals surface area contributed by atoms with Gasteiger partial charge in [0.25, 0.3) is 0 Å². The predicted molar refractivity (Wildman–Crippen MR) is 91.0 cm³/mol. The van der Waals surface area contributed by atoms with Gasteiger partial charge in [-0.05, 0) is 61.7 Å². The van der Waals surface area contributed by atoms with Crippen LogP contribution in [0.5, 0.6) is 0 Å². The molecule has 0 spiro atoms. The zero-order valence-electron chi connectivity index (χ0n) is 15.0. The Kier molecular flexibility index (Phi) is 3.43. The number of likely N-dealkylation sites (tertiary alicyclic amines) is 1. The minimum Gasteiger partial charge on any atom is -0.481 e. The molecule has 3 fully saturated rings. The fourth-order valence-electron chi connectivity index (χ4n) is 6.99. The first-order valence-electron chi connectivity index (χ1n) is 9.49. The molecule has 1 N–H and O–H groups in total. The molecule has 0 aromatic carbocycles. The number of aliphatic carboxylic acids is 1. The van der Waals surface area contributed by atoms with Crippen LogP contribution in [-0.4, -0.2) is 28.9 Å². The number of hydrogen-bond donors (Lipinski definition) is 1. The third kappa shape index (κ3) is 1.91. The summed E-state index contributed by atoms with van der Waals surface area (Å²) in [6.07, 6.45) is 8.95. The van der Waals surface area contributed by atoms with E-state index in [2.05, 4.69) is 19.9 Å². The van der Waals surface area contributed by atoms with Crippen LogP contribution in [0.15, 0.2) is 11.8 Å². The van der Waals surface area contributed by atoms with Crippen molar-refractivity contribution < 1.29 is 14.7 Å². The summed E-state index contributed by atoms with van der Waals surface area (Å²) in [5, 5.41) is 9.66. The average Bonchev–Trinajstić information content (AvgIpc) is 2.89. The Labute approximate surface area is 144 Å². The molecule has 132 valence electrons. The number of piperidine rings is 1. The van der Waals surface area contributed by atoms with E-state index >= 15 is 0 Å². The summed E-state index contributed by atoms with van der Waals surface area (Å²) in [7, 11) is 1.93. The van der Waals surface area contributed by atoms with Crippen LogP contribution in [0.1, 0.15) is 58.8 Å². The molecule has 24 heavy (non-hydrogen) atoms. The molecule has 6 atom stereocenters. The summed E-state index contributed by atoms with van der Waals surface area (Å²) in [4.78, 5) is 25.7. The van der Waals surface area contributed by atoms with Gasteiger partial charge in [0, 0.05) is 24.6 Å². The highest BCUT2D eigenvalue weighted by Crippen LogP contribution is 2.65. The SMILES string of the molecule is CN1C(=O)CC[C@@]2(C)C1=CC[C@H]1[C@@H]3CC[C@H](C(=O)O)[C@@]3(C)CC[C@@H]12. The summed E-state index contributed by atoms with van der Waals surface area (Å²) in [6.45, 7) is 4.59. The van der Waals surface area contributed by atoms with E-state index in [-0.39, 0.29) is 22.7 Å². The van der Waals surface area contributed by atoms with Gasteiger partial charge in [-0.3, -0.25) is 9.59 Å². The molecule has 4 aliphatic rings. The van der Waals surface area contributed by atoms with Crippen LogP contribution < -0.4 is 0 Å². The molecule has 1 amide bonds. The Bertz CT molecular complexity index is 626. The minimum atomic E-state index is -0.598. The number of carboxylic acid groups (broad SMARTS) is 1. The fraction of sp³-hybridized carbons (Fsp3) is 0.800. The van der Waals surface area contributed by atoms with Crippen molar-refractivity contribution in [1.29, 1.82) is 0 Å². The lowest BCUT2D eigenvalue weighted by molar-refractivity contribution is -0.150. The first-order valence-corrected chi connectivity index (χ1v) is 9.49. The van der Waals surface area contributed by atoms with E-state index in [0.29, 0.717) is 24.2 Å². The van der Waals surface area contributed by atoms with E-state index in [1.807, 2.05) is 11.9 Å². The molecule has 0 aromatic rings. The second kappa shape index (κ2) is 5.09. The van der Waals surface area contributed by atoms with Gasteiger partial charge in [0.05, 0.1) is 5.92 Å².